The summed E-state index contributed by atoms with van der Waals surface area (Å²) in [5.74, 6) is 1.92. The van der Waals surface area contributed by atoms with Crippen molar-refractivity contribution in [1.82, 2.24) is 9.38 Å². The number of rotatable bonds is 7. The number of aromatic nitrogens is 2. The number of halogens is 1. The van der Waals surface area contributed by atoms with Gasteiger partial charge in [0, 0.05) is 10.6 Å². The van der Waals surface area contributed by atoms with Gasteiger partial charge in [-0.3, -0.25) is 4.79 Å². The van der Waals surface area contributed by atoms with Gasteiger partial charge in [-0.2, -0.15) is 0 Å². The van der Waals surface area contributed by atoms with Crippen molar-refractivity contribution in [3.05, 3.63) is 92.2 Å². The third-order valence-electron chi connectivity index (χ3n) is 5.07. The van der Waals surface area contributed by atoms with Gasteiger partial charge in [-0.1, -0.05) is 47.2 Å². The minimum absolute atomic E-state index is 0.117. The number of para-hydroxylation sites is 4. The van der Waals surface area contributed by atoms with Crippen molar-refractivity contribution in [2.45, 2.75) is 0 Å². The zero-order valence-corrected chi connectivity index (χ0v) is 19.2. The summed E-state index contributed by atoms with van der Waals surface area (Å²) in [6, 6.07) is 20.3. The van der Waals surface area contributed by atoms with Crippen molar-refractivity contribution in [2.24, 2.45) is 0 Å². The molecular weight excluding hydrogens is 460 g/mol. The molecule has 0 bridgehead atoms. The van der Waals surface area contributed by atoms with E-state index in [1.165, 1.54) is 11.3 Å². The molecule has 3 aromatic carbocycles. The summed E-state index contributed by atoms with van der Waals surface area (Å²) in [5, 5.41) is 0.554. The third-order valence-corrected chi connectivity index (χ3v) is 6.28. The van der Waals surface area contributed by atoms with Crippen LogP contribution < -0.4 is 24.3 Å². The van der Waals surface area contributed by atoms with Gasteiger partial charge in [0.1, 0.15) is 19.0 Å². The first-order valence-electron chi connectivity index (χ1n) is 10.2. The van der Waals surface area contributed by atoms with Gasteiger partial charge in [0.2, 0.25) is 0 Å². The summed E-state index contributed by atoms with van der Waals surface area (Å²) in [6.07, 6.45) is 1.79. The summed E-state index contributed by atoms with van der Waals surface area (Å²) >= 11 is 7.56. The molecule has 2 heterocycles. The molecule has 2 aromatic heterocycles. The third kappa shape index (κ3) is 4.25. The Balaban J connectivity index is 1.40. The van der Waals surface area contributed by atoms with Gasteiger partial charge in [-0.25, -0.2) is 9.38 Å². The smallest absolute Gasteiger partial charge is 0.274 e. The molecule has 0 saturated carbocycles. The minimum Gasteiger partial charge on any atom is -0.493 e. The molecule has 0 fully saturated rings. The van der Waals surface area contributed by atoms with Gasteiger partial charge in [0.25, 0.3) is 5.56 Å². The Labute approximate surface area is 198 Å². The zero-order valence-electron chi connectivity index (χ0n) is 17.7. The maximum atomic E-state index is 13.1. The minimum atomic E-state index is -0.117. The standard InChI is InChI=1S/C25H19ClN2O4S/c1-30-21-8-4-5-9-22(21)32-13-12-31-20-11-10-17(26)14-16(20)15-23-24(29)28-19-7-3-2-6-18(19)27-25(28)33-23/h2-11,14-15H,12-13H2,1H3/b23-15-. The lowest BCUT2D eigenvalue weighted by Crippen LogP contribution is -2.22. The molecule has 33 heavy (non-hydrogen) atoms. The predicted molar refractivity (Wildman–Crippen MR) is 131 cm³/mol. The van der Waals surface area contributed by atoms with Crippen molar-refractivity contribution in [1.29, 1.82) is 0 Å². The molecule has 166 valence electrons. The molecule has 0 aliphatic carbocycles. The van der Waals surface area contributed by atoms with E-state index in [-0.39, 0.29) is 5.56 Å². The summed E-state index contributed by atoms with van der Waals surface area (Å²) < 4.78 is 19.2. The average Bonchev–Trinajstić information content (AvgIpc) is 3.34. The molecule has 0 amide bonds. The molecule has 8 heteroatoms. The van der Waals surface area contributed by atoms with Crippen LogP contribution in [0.5, 0.6) is 17.2 Å². The Morgan fingerprint density at radius 2 is 1.70 bits per heavy atom. The maximum Gasteiger partial charge on any atom is 0.274 e. The predicted octanol–water partition coefficient (Wildman–Crippen LogP) is 4.58. The van der Waals surface area contributed by atoms with Crippen LogP contribution >= 0.6 is 22.9 Å². The molecule has 6 nitrogen and oxygen atoms in total. The lowest BCUT2D eigenvalue weighted by Gasteiger charge is -2.12. The second kappa shape index (κ2) is 9.13. The van der Waals surface area contributed by atoms with E-state index in [9.17, 15) is 4.79 Å². The second-order valence-electron chi connectivity index (χ2n) is 7.16. The molecule has 0 aliphatic rings. The molecule has 0 atom stereocenters. The van der Waals surface area contributed by atoms with E-state index in [4.69, 9.17) is 25.8 Å². The van der Waals surface area contributed by atoms with Gasteiger partial charge in [-0.15, -0.1) is 0 Å². The lowest BCUT2D eigenvalue weighted by atomic mass is 10.2. The number of imidazole rings is 1. The van der Waals surface area contributed by atoms with Crippen molar-refractivity contribution < 1.29 is 14.2 Å². The summed E-state index contributed by atoms with van der Waals surface area (Å²) in [7, 11) is 1.60. The van der Waals surface area contributed by atoms with E-state index in [1.807, 2.05) is 48.5 Å². The second-order valence-corrected chi connectivity index (χ2v) is 8.61. The number of thiazole rings is 1. The number of ether oxygens (including phenoxy) is 3. The SMILES string of the molecule is COc1ccccc1OCCOc1ccc(Cl)cc1/C=c1\sc2nc3ccccc3n2c1=O. The number of hydrogen-bond donors (Lipinski definition) is 0. The van der Waals surface area contributed by atoms with Crippen LogP contribution in [0.25, 0.3) is 22.1 Å². The highest BCUT2D eigenvalue weighted by atomic mass is 35.5. The Hall–Kier alpha value is -3.55. The van der Waals surface area contributed by atoms with E-state index in [0.717, 1.165) is 11.0 Å². The fourth-order valence-electron chi connectivity index (χ4n) is 3.56. The number of hydrogen-bond acceptors (Lipinski definition) is 6. The quantitative estimate of drug-likeness (QED) is 0.320. The highest BCUT2D eigenvalue weighted by molar-refractivity contribution is 7.15. The van der Waals surface area contributed by atoms with Gasteiger partial charge in [0.15, 0.2) is 16.5 Å². The number of fused-ring (bicyclic) bond motifs is 3. The summed E-state index contributed by atoms with van der Waals surface area (Å²) in [5.41, 5.74) is 2.19. The van der Waals surface area contributed by atoms with Gasteiger partial charge >= 0.3 is 0 Å². The van der Waals surface area contributed by atoms with Crippen molar-refractivity contribution in [3.63, 3.8) is 0 Å². The molecule has 0 radical (unpaired) electrons. The molecule has 0 saturated heterocycles. The molecule has 0 unspecified atom stereocenters. The fraction of sp³-hybridized carbons (Fsp3) is 0.120. The first-order valence-corrected chi connectivity index (χ1v) is 11.4. The largest absolute Gasteiger partial charge is 0.493 e. The fourth-order valence-corrected chi connectivity index (χ4v) is 4.72. The van der Waals surface area contributed by atoms with Gasteiger partial charge in [0.05, 0.1) is 22.7 Å². The summed E-state index contributed by atoms with van der Waals surface area (Å²) in [6.45, 7) is 0.636. The van der Waals surface area contributed by atoms with Crippen molar-refractivity contribution in [3.8, 4) is 17.2 Å². The van der Waals surface area contributed by atoms with E-state index in [1.54, 1.807) is 35.8 Å². The highest BCUT2D eigenvalue weighted by Crippen LogP contribution is 2.26. The normalized spacial score (nSPS) is 11.9. The highest BCUT2D eigenvalue weighted by Gasteiger charge is 2.12. The molecule has 5 rings (SSSR count). The van der Waals surface area contributed by atoms with Crippen LogP contribution in [0.4, 0.5) is 0 Å². The van der Waals surface area contributed by atoms with Crippen molar-refractivity contribution >= 4 is 45.0 Å². The van der Waals surface area contributed by atoms with E-state index in [2.05, 4.69) is 4.98 Å². The Morgan fingerprint density at radius 3 is 2.52 bits per heavy atom. The van der Waals surface area contributed by atoms with E-state index >= 15 is 0 Å². The Kier molecular flexibility index (Phi) is 5.90. The number of benzene rings is 3. The zero-order chi connectivity index (χ0) is 22.8. The van der Waals surface area contributed by atoms with Crippen LogP contribution in [0.2, 0.25) is 5.02 Å². The Bertz CT molecular complexity index is 1560. The monoisotopic (exact) mass is 478 g/mol. The Morgan fingerprint density at radius 1 is 0.970 bits per heavy atom. The van der Waals surface area contributed by atoms with Crippen LogP contribution in [0.1, 0.15) is 5.56 Å². The molecule has 0 aliphatic heterocycles. The molecule has 5 aromatic rings. The van der Waals surface area contributed by atoms with Gasteiger partial charge in [-0.05, 0) is 48.5 Å². The molecular formula is C25H19ClN2O4S. The van der Waals surface area contributed by atoms with E-state index in [0.29, 0.717) is 50.5 Å². The average molecular weight is 479 g/mol. The van der Waals surface area contributed by atoms with Crippen LogP contribution in [0.3, 0.4) is 0 Å². The number of nitrogens with zero attached hydrogens (tertiary/aromatic N) is 2. The first kappa shape index (κ1) is 21.3. The molecule has 0 spiro atoms. The topological polar surface area (TPSA) is 62.1 Å². The lowest BCUT2D eigenvalue weighted by molar-refractivity contribution is 0.211. The van der Waals surface area contributed by atoms with Crippen LogP contribution in [0.15, 0.2) is 71.5 Å². The number of methoxy groups -OCH3 is 1. The van der Waals surface area contributed by atoms with Crippen LogP contribution in [0, 0.1) is 0 Å². The van der Waals surface area contributed by atoms with Crippen LogP contribution in [-0.2, 0) is 0 Å². The van der Waals surface area contributed by atoms with E-state index < -0.39 is 0 Å². The summed E-state index contributed by atoms with van der Waals surface area (Å²) in [4.78, 5) is 18.3. The maximum absolute atomic E-state index is 13.1. The van der Waals surface area contributed by atoms with Gasteiger partial charge < -0.3 is 14.2 Å². The van der Waals surface area contributed by atoms with Crippen LogP contribution in [-0.4, -0.2) is 29.7 Å². The first-order chi connectivity index (χ1) is 16.1. The van der Waals surface area contributed by atoms with Crippen molar-refractivity contribution in [2.75, 3.05) is 20.3 Å². The molecule has 0 N–H and O–H groups in total.